The molecule has 0 aliphatic carbocycles. The minimum absolute atomic E-state index is 0.478. The Bertz CT molecular complexity index is 355. The van der Waals surface area contributed by atoms with E-state index in [1.54, 1.807) is 0 Å². The van der Waals surface area contributed by atoms with Crippen LogP contribution >= 0.6 is 0 Å². The van der Waals surface area contributed by atoms with E-state index in [0.29, 0.717) is 6.04 Å². The molecule has 1 heterocycles. The summed E-state index contributed by atoms with van der Waals surface area (Å²) in [6.07, 6.45) is 3.55. The Morgan fingerprint density at radius 2 is 2.00 bits per heavy atom. The number of nitrogens with one attached hydrogen (secondary N) is 1. The summed E-state index contributed by atoms with van der Waals surface area (Å²) in [7, 11) is 0. The summed E-state index contributed by atoms with van der Waals surface area (Å²) >= 11 is 0. The highest BCUT2D eigenvalue weighted by atomic mass is 16.5. The standard InChI is InChI=1S/C17H28N2O/c1-2-3-13-20-14-7-11-19-12-10-18-17(15-19)16-8-5-4-6-9-16/h4-6,8-9,17-18H,2-3,7,10-15H2,1H3. The van der Waals surface area contributed by atoms with Crippen molar-refractivity contribution >= 4 is 0 Å². The molecular weight excluding hydrogens is 248 g/mol. The van der Waals surface area contributed by atoms with Crippen molar-refractivity contribution in [3.63, 3.8) is 0 Å². The predicted molar refractivity (Wildman–Crippen MR) is 84.0 cm³/mol. The van der Waals surface area contributed by atoms with E-state index < -0.39 is 0 Å². The van der Waals surface area contributed by atoms with Gasteiger partial charge in [-0.25, -0.2) is 0 Å². The Morgan fingerprint density at radius 1 is 1.20 bits per heavy atom. The average molecular weight is 276 g/mol. The fourth-order valence-electron chi connectivity index (χ4n) is 2.66. The molecule has 112 valence electrons. The van der Waals surface area contributed by atoms with Gasteiger partial charge in [0.15, 0.2) is 0 Å². The first-order valence-electron chi connectivity index (χ1n) is 7.98. The lowest BCUT2D eigenvalue weighted by Crippen LogP contribution is -2.46. The number of unbranched alkanes of at least 4 members (excludes halogenated alkanes) is 1. The van der Waals surface area contributed by atoms with Crippen molar-refractivity contribution in [3.05, 3.63) is 35.9 Å². The maximum Gasteiger partial charge on any atom is 0.0478 e. The largest absolute Gasteiger partial charge is 0.381 e. The summed E-state index contributed by atoms with van der Waals surface area (Å²) in [6, 6.07) is 11.2. The fraction of sp³-hybridized carbons (Fsp3) is 0.647. The fourth-order valence-corrected chi connectivity index (χ4v) is 2.66. The van der Waals surface area contributed by atoms with E-state index in [1.165, 1.54) is 18.4 Å². The molecule has 1 aromatic rings. The Hall–Kier alpha value is -0.900. The van der Waals surface area contributed by atoms with Crippen LogP contribution in [0.2, 0.25) is 0 Å². The summed E-state index contributed by atoms with van der Waals surface area (Å²) < 4.78 is 5.63. The summed E-state index contributed by atoms with van der Waals surface area (Å²) in [4.78, 5) is 2.55. The molecule has 0 saturated carbocycles. The van der Waals surface area contributed by atoms with Gasteiger partial charge in [0.2, 0.25) is 0 Å². The summed E-state index contributed by atoms with van der Waals surface area (Å²) in [5.74, 6) is 0. The van der Waals surface area contributed by atoms with Gasteiger partial charge in [-0.05, 0) is 18.4 Å². The summed E-state index contributed by atoms with van der Waals surface area (Å²) in [6.45, 7) is 8.52. The normalized spacial score (nSPS) is 20.1. The summed E-state index contributed by atoms with van der Waals surface area (Å²) in [5.41, 5.74) is 1.40. The Labute approximate surface area is 123 Å². The van der Waals surface area contributed by atoms with E-state index in [9.17, 15) is 0 Å². The van der Waals surface area contributed by atoms with E-state index >= 15 is 0 Å². The van der Waals surface area contributed by atoms with Crippen molar-refractivity contribution in [2.24, 2.45) is 0 Å². The third kappa shape index (κ3) is 5.23. The number of piperazine rings is 1. The smallest absolute Gasteiger partial charge is 0.0478 e. The van der Waals surface area contributed by atoms with Crippen molar-refractivity contribution in [2.45, 2.75) is 32.2 Å². The van der Waals surface area contributed by atoms with Gasteiger partial charge in [0, 0.05) is 45.4 Å². The zero-order valence-corrected chi connectivity index (χ0v) is 12.7. The maximum atomic E-state index is 5.63. The molecule has 1 atom stereocenters. The molecular formula is C17H28N2O. The van der Waals surface area contributed by atoms with Crippen molar-refractivity contribution in [2.75, 3.05) is 39.4 Å². The SMILES string of the molecule is CCCCOCCCN1CCNC(c2ccccc2)C1. The van der Waals surface area contributed by atoms with Crippen LogP contribution in [0.4, 0.5) is 0 Å². The van der Waals surface area contributed by atoms with Gasteiger partial charge in [-0.15, -0.1) is 0 Å². The molecule has 0 bridgehead atoms. The van der Waals surface area contributed by atoms with Crippen LogP contribution in [-0.2, 0) is 4.74 Å². The Kier molecular flexibility index (Phi) is 7.06. The first-order valence-corrected chi connectivity index (χ1v) is 7.98. The van der Waals surface area contributed by atoms with Gasteiger partial charge >= 0.3 is 0 Å². The van der Waals surface area contributed by atoms with Gasteiger partial charge in [-0.1, -0.05) is 43.7 Å². The van der Waals surface area contributed by atoms with Crippen LogP contribution in [0.5, 0.6) is 0 Å². The van der Waals surface area contributed by atoms with Crippen LogP contribution in [0.25, 0.3) is 0 Å². The number of benzene rings is 1. The van der Waals surface area contributed by atoms with Crippen LogP contribution in [0, 0.1) is 0 Å². The quantitative estimate of drug-likeness (QED) is 0.739. The van der Waals surface area contributed by atoms with Crippen molar-refractivity contribution in [1.82, 2.24) is 10.2 Å². The van der Waals surface area contributed by atoms with Crippen molar-refractivity contribution in [3.8, 4) is 0 Å². The predicted octanol–water partition coefficient (Wildman–Crippen LogP) is 2.84. The lowest BCUT2D eigenvalue weighted by molar-refractivity contribution is 0.112. The van der Waals surface area contributed by atoms with Gasteiger partial charge in [0.1, 0.15) is 0 Å². The number of ether oxygens (including phenoxy) is 1. The topological polar surface area (TPSA) is 24.5 Å². The van der Waals surface area contributed by atoms with E-state index in [4.69, 9.17) is 4.74 Å². The zero-order chi connectivity index (χ0) is 14.0. The molecule has 1 aliphatic rings. The number of hydrogen-bond donors (Lipinski definition) is 1. The van der Waals surface area contributed by atoms with E-state index in [1.807, 2.05) is 0 Å². The van der Waals surface area contributed by atoms with Gasteiger partial charge in [0.05, 0.1) is 0 Å². The molecule has 0 radical (unpaired) electrons. The monoisotopic (exact) mass is 276 g/mol. The van der Waals surface area contributed by atoms with Crippen molar-refractivity contribution in [1.29, 1.82) is 0 Å². The molecule has 3 heteroatoms. The number of hydrogen-bond acceptors (Lipinski definition) is 3. The molecule has 1 unspecified atom stereocenters. The molecule has 1 aliphatic heterocycles. The van der Waals surface area contributed by atoms with Crippen LogP contribution in [0.15, 0.2) is 30.3 Å². The maximum absolute atomic E-state index is 5.63. The minimum Gasteiger partial charge on any atom is -0.381 e. The molecule has 0 spiro atoms. The second kappa shape index (κ2) is 9.11. The highest BCUT2D eigenvalue weighted by Crippen LogP contribution is 2.16. The third-order valence-electron chi connectivity index (χ3n) is 3.87. The molecule has 0 amide bonds. The lowest BCUT2D eigenvalue weighted by atomic mass is 10.0. The van der Waals surface area contributed by atoms with Gasteiger partial charge in [-0.2, -0.15) is 0 Å². The zero-order valence-electron chi connectivity index (χ0n) is 12.7. The molecule has 3 nitrogen and oxygen atoms in total. The van der Waals surface area contributed by atoms with Crippen LogP contribution in [0.3, 0.4) is 0 Å². The van der Waals surface area contributed by atoms with E-state index in [0.717, 1.165) is 45.8 Å². The van der Waals surface area contributed by atoms with Crippen LogP contribution in [-0.4, -0.2) is 44.3 Å². The van der Waals surface area contributed by atoms with Crippen LogP contribution in [0.1, 0.15) is 37.8 Å². The molecule has 1 saturated heterocycles. The Balaban J connectivity index is 1.66. The average Bonchev–Trinajstić information content (AvgIpc) is 2.52. The number of rotatable bonds is 8. The molecule has 1 aromatic carbocycles. The van der Waals surface area contributed by atoms with Gasteiger partial charge in [0.25, 0.3) is 0 Å². The van der Waals surface area contributed by atoms with Crippen molar-refractivity contribution < 1.29 is 4.74 Å². The van der Waals surface area contributed by atoms with Gasteiger partial charge in [-0.3, -0.25) is 0 Å². The van der Waals surface area contributed by atoms with Gasteiger partial charge < -0.3 is 15.0 Å². The molecule has 1 N–H and O–H groups in total. The first kappa shape index (κ1) is 15.5. The lowest BCUT2D eigenvalue weighted by Gasteiger charge is -2.34. The Morgan fingerprint density at radius 3 is 2.80 bits per heavy atom. The third-order valence-corrected chi connectivity index (χ3v) is 3.87. The minimum atomic E-state index is 0.478. The van der Waals surface area contributed by atoms with Crippen LogP contribution < -0.4 is 5.32 Å². The number of nitrogens with zero attached hydrogens (tertiary/aromatic N) is 1. The molecule has 20 heavy (non-hydrogen) atoms. The molecule has 2 rings (SSSR count). The first-order chi connectivity index (χ1) is 9.90. The second-order valence-electron chi connectivity index (χ2n) is 5.54. The highest BCUT2D eigenvalue weighted by Gasteiger charge is 2.19. The second-order valence-corrected chi connectivity index (χ2v) is 5.54. The van der Waals surface area contributed by atoms with E-state index in [2.05, 4.69) is 47.5 Å². The van der Waals surface area contributed by atoms with E-state index in [-0.39, 0.29) is 0 Å². The molecule has 0 aromatic heterocycles. The molecule has 1 fully saturated rings. The summed E-state index contributed by atoms with van der Waals surface area (Å²) in [5, 5.41) is 3.61. The highest BCUT2D eigenvalue weighted by molar-refractivity contribution is 5.19.